The first-order valence-electron chi connectivity index (χ1n) is 5.65. The molecule has 0 radical (unpaired) electrons. The van der Waals surface area contributed by atoms with E-state index in [1.165, 1.54) is 0 Å². The van der Waals surface area contributed by atoms with Crippen LogP contribution in [0.1, 0.15) is 36.0 Å². The van der Waals surface area contributed by atoms with Crippen molar-refractivity contribution in [2.75, 3.05) is 13.2 Å². The molecule has 1 aliphatic heterocycles. The number of aromatic nitrogens is 1. The summed E-state index contributed by atoms with van der Waals surface area (Å²) in [7, 11) is 0. The average molecular weight is 224 g/mol. The fourth-order valence-electron chi connectivity index (χ4n) is 1.69. The third-order valence-electron chi connectivity index (χ3n) is 2.65. The van der Waals surface area contributed by atoms with E-state index in [0.29, 0.717) is 12.2 Å². The van der Waals surface area contributed by atoms with Gasteiger partial charge < -0.3 is 14.6 Å². The maximum absolute atomic E-state index is 11.6. The molecule has 1 amide bonds. The molecular weight excluding hydrogens is 208 g/mol. The highest BCUT2D eigenvalue weighted by Crippen LogP contribution is 2.11. The summed E-state index contributed by atoms with van der Waals surface area (Å²) in [6.07, 6.45) is 2.98. The predicted octanol–water partition coefficient (Wildman–Crippen LogP) is 1.15. The van der Waals surface area contributed by atoms with Crippen molar-refractivity contribution in [3.8, 4) is 0 Å². The Balaban J connectivity index is 1.82. The van der Waals surface area contributed by atoms with Gasteiger partial charge in [0.1, 0.15) is 5.76 Å². The van der Waals surface area contributed by atoms with E-state index < -0.39 is 0 Å². The Hall–Kier alpha value is -1.36. The number of carbonyl (C=O) groups excluding carboxylic acids is 1. The quantitative estimate of drug-likeness (QED) is 0.833. The van der Waals surface area contributed by atoms with Crippen LogP contribution in [0.15, 0.2) is 10.6 Å². The molecule has 1 saturated heterocycles. The summed E-state index contributed by atoms with van der Waals surface area (Å²) in [5.74, 6) is 0.529. The van der Waals surface area contributed by atoms with Crippen LogP contribution in [0.4, 0.5) is 0 Å². The van der Waals surface area contributed by atoms with Crippen LogP contribution in [0.5, 0.6) is 0 Å². The van der Waals surface area contributed by atoms with Crippen molar-refractivity contribution in [2.45, 2.75) is 32.3 Å². The average Bonchev–Trinajstić information content (AvgIpc) is 2.96. The molecule has 1 unspecified atom stereocenters. The molecule has 1 atom stereocenters. The molecule has 0 bridgehead atoms. The van der Waals surface area contributed by atoms with Crippen LogP contribution in [-0.4, -0.2) is 30.3 Å². The second-order valence-electron chi connectivity index (χ2n) is 3.88. The van der Waals surface area contributed by atoms with Gasteiger partial charge in [-0.25, -0.2) is 0 Å². The van der Waals surface area contributed by atoms with Crippen LogP contribution < -0.4 is 5.32 Å². The molecule has 1 aromatic rings. The summed E-state index contributed by atoms with van der Waals surface area (Å²) < 4.78 is 10.4. The zero-order valence-electron chi connectivity index (χ0n) is 9.36. The van der Waals surface area contributed by atoms with Gasteiger partial charge >= 0.3 is 0 Å². The van der Waals surface area contributed by atoms with Crippen LogP contribution in [0.25, 0.3) is 0 Å². The van der Waals surface area contributed by atoms with Gasteiger partial charge in [-0.05, 0) is 12.8 Å². The lowest BCUT2D eigenvalue weighted by atomic mass is 10.2. The minimum atomic E-state index is -0.195. The van der Waals surface area contributed by atoms with Gasteiger partial charge in [0.15, 0.2) is 5.69 Å². The Bertz CT molecular complexity index is 356. The minimum Gasteiger partial charge on any atom is -0.376 e. The lowest BCUT2D eigenvalue weighted by Crippen LogP contribution is -2.31. The second kappa shape index (κ2) is 5.12. The molecule has 0 aliphatic carbocycles. The maximum Gasteiger partial charge on any atom is 0.273 e. The number of nitrogens with one attached hydrogen (secondary N) is 1. The molecule has 1 aliphatic rings. The number of aryl methyl sites for hydroxylation is 1. The first-order valence-corrected chi connectivity index (χ1v) is 5.65. The van der Waals surface area contributed by atoms with E-state index in [4.69, 9.17) is 9.26 Å². The van der Waals surface area contributed by atoms with Gasteiger partial charge in [-0.3, -0.25) is 4.79 Å². The van der Waals surface area contributed by atoms with Crippen LogP contribution >= 0.6 is 0 Å². The van der Waals surface area contributed by atoms with Crippen molar-refractivity contribution in [3.63, 3.8) is 0 Å². The summed E-state index contributed by atoms with van der Waals surface area (Å²) in [4.78, 5) is 11.6. The summed E-state index contributed by atoms with van der Waals surface area (Å²) >= 11 is 0. The third-order valence-corrected chi connectivity index (χ3v) is 2.65. The monoisotopic (exact) mass is 224 g/mol. The highest BCUT2D eigenvalue weighted by molar-refractivity contribution is 5.92. The number of rotatable bonds is 4. The smallest absolute Gasteiger partial charge is 0.273 e. The molecule has 5 nitrogen and oxygen atoms in total. The van der Waals surface area contributed by atoms with Crippen molar-refractivity contribution in [3.05, 3.63) is 17.5 Å². The third kappa shape index (κ3) is 2.61. The molecule has 0 aromatic carbocycles. The second-order valence-corrected chi connectivity index (χ2v) is 3.88. The molecule has 5 heteroatoms. The van der Waals surface area contributed by atoms with E-state index >= 15 is 0 Å². The number of nitrogens with zero attached hydrogens (tertiary/aromatic N) is 1. The zero-order chi connectivity index (χ0) is 11.4. The Labute approximate surface area is 94.1 Å². The van der Waals surface area contributed by atoms with E-state index in [1.54, 1.807) is 6.07 Å². The first kappa shape index (κ1) is 11.1. The Morgan fingerprint density at radius 2 is 2.56 bits per heavy atom. The largest absolute Gasteiger partial charge is 0.376 e. The van der Waals surface area contributed by atoms with E-state index in [0.717, 1.165) is 31.6 Å². The van der Waals surface area contributed by atoms with Gasteiger partial charge in [-0.2, -0.15) is 0 Å². The molecule has 1 aromatic heterocycles. The number of hydrogen-bond acceptors (Lipinski definition) is 4. The Morgan fingerprint density at radius 1 is 1.69 bits per heavy atom. The zero-order valence-corrected chi connectivity index (χ0v) is 9.36. The highest BCUT2D eigenvalue weighted by Gasteiger charge is 2.18. The number of ether oxygens (including phenoxy) is 1. The van der Waals surface area contributed by atoms with E-state index in [-0.39, 0.29) is 12.0 Å². The summed E-state index contributed by atoms with van der Waals surface area (Å²) in [5, 5.41) is 6.50. The summed E-state index contributed by atoms with van der Waals surface area (Å²) in [5.41, 5.74) is 0.342. The Morgan fingerprint density at radius 3 is 3.19 bits per heavy atom. The molecule has 0 spiro atoms. The molecule has 1 N–H and O–H groups in total. The van der Waals surface area contributed by atoms with Crippen molar-refractivity contribution in [2.24, 2.45) is 0 Å². The normalized spacial score (nSPS) is 19.9. The SMILES string of the molecule is CCc1cc(C(=O)NCC2CCCO2)no1. The van der Waals surface area contributed by atoms with Gasteiger partial charge in [0.2, 0.25) is 0 Å². The fourth-order valence-corrected chi connectivity index (χ4v) is 1.69. The molecule has 0 saturated carbocycles. The van der Waals surface area contributed by atoms with Crippen LogP contribution in [0.2, 0.25) is 0 Å². The van der Waals surface area contributed by atoms with E-state index in [2.05, 4.69) is 10.5 Å². The molecule has 88 valence electrons. The van der Waals surface area contributed by atoms with Crippen LogP contribution in [0, 0.1) is 0 Å². The topological polar surface area (TPSA) is 64.4 Å². The highest BCUT2D eigenvalue weighted by atomic mass is 16.5. The van der Waals surface area contributed by atoms with Gasteiger partial charge in [0.05, 0.1) is 6.10 Å². The predicted molar refractivity (Wildman–Crippen MR) is 57.2 cm³/mol. The lowest BCUT2D eigenvalue weighted by Gasteiger charge is -2.09. The lowest BCUT2D eigenvalue weighted by molar-refractivity contribution is 0.0850. The van der Waals surface area contributed by atoms with Crippen molar-refractivity contribution in [1.82, 2.24) is 10.5 Å². The van der Waals surface area contributed by atoms with Crippen molar-refractivity contribution >= 4 is 5.91 Å². The van der Waals surface area contributed by atoms with Crippen LogP contribution in [0.3, 0.4) is 0 Å². The van der Waals surface area contributed by atoms with Crippen molar-refractivity contribution < 1.29 is 14.1 Å². The van der Waals surface area contributed by atoms with Crippen LogP contribution in [-0.2, 0) is 11.2 Å². The molecular formula is C11H16N2O3. The van der Waals surface area contributed by atoms with Gasteiger partial charge in [-0.15, -0.1) is 0 Å². The molecule has 16 heavy (non-hydrogen) atoms. The minimum absolute atomic E-state index is 0.154. The van der Waals surface area contributed by atoms with Crippen molar-refractivity contribution in [1.29, 1.82) is 0 Å². The van der Waals surface area contributed by atoms with E-state index in [1.807, 2.05) is 6.92 Å². The maximum atomic E-state index is 11.6. The van der Waals surface area contributed by atoms with Gasteiger partial charge in [0, 0.05) is 25.6 Å². The van der Waals surface area contributed by atoms with Gasteiger partial charge in [-0.1, -0.05) is 12.1 Å². The molecule has 2 rings (SSSR count). The fraction of sp³-hybridized carbons (Fsp3) is 0.636. The Kier molecular flexibility index (Phi) is 3.56. The number of amides is 1. The standard InChI is InChI=1S/C11H16N2O3/c1-2-8-6-10(13-16-8)11(14)12-7-9-4-3-5-15-9/h6,9H,2-5,7H2,1H3,(H,12,14). The summed E-state index contributed by atoms with van der Waals surface area (Å²) in [6, 6.07) is 1.67. The molecule has 2 heterocycles. The number of carbonyl (C=O) groups is 1. The molecule has 1 fully saturated rings. The first-order chi connectivity index (χ1) is 7.79. The van der Waals surface area contributed by atoms with E-state index in [9.17, 15) is 4.79 Å². The number of hydrogen-bond donors (Lipinski definition) is 1. The van der Waals surface area contributed by atoms with Gasteiger partial charge in [0.25, 0.3) is 5.91 Å². The summed E-state index contributed by atoms with van der Waals surface area (Å²) in [6.45, 7) is 3.30.